The van der Waals surface area contributed by atoms with Gasteiger partial charge in [-0.05, 0) is 24.3 Å². The summed E-state index contributed by atoms with van der Waals surface area (Å²) < 4.78 is 5.24. The first-order chi connectivity index (χ1) is 10.2. The zero-order chi connectivity index (χ0) is 15.1. The Balaban J connectivity index is 1.90. The molecule has 0 aliphatic rings. The number of hydrogen-bond acceptors (Lipinski definition) is 4. The molecular weight excluding hydrogens is 266 g/mol. The van der Waals surface area contributed by atoms with E-state index in [4.69, 9.17) is 10.1 Å². The Hall–Kier alpha value is -2.82. The molecule has 21 heavy (non-hydrogen) atoms. The van der Waals surface area contributed by atoms with E-state index in [1.54, 1.807) is 25.2 Å². The van der Waals surface area contributed by atoms with Gasteiger partial charge < -0.3 is 15.4 Å². The average Bonchev–Trinajstić information content (AvgIpc) is 2.53. The SMILES string of the molecule is CNc1ccccc1C(=N)OCC(=O)Nc1ccccc1. The Bertz CT molecular complexity index is 626. The molecular formula is C16H17N3O2. The third kappa shape index (κ3) is 4.07. The Morgan fingerprint density at radius 3 is 2.48 bits per heavy atom. The highest BCUT2D eigenvalue weighted by Crippen LogP contribution is 2.15. The zero-order valence-electron chi connectivity index (χ0n) is 11.7. The van der Waals surface area contributed by atoms with Crippen molar-refractivity contribution in [1.82, 2.24) is 0 Å². The molecule has 0 unspecified atom stereocenters. The fourth-order valence-corrected chi connectivity index (χ4v) is 1.83. The third-order valence-corrected chi connectivity index (χ3v) is 2.85. The summed E-state index contributed by atoms with van der Waals surface area (Å²) in [6.07, 6.45) is 0. The summed E-state index contributed by atoms with van der Waals surface area (Å²) >= 11 is 0. The molecule has 5 heteroatoms. The number of carbonyl (C=O) groups excluding carboxylic acids is 1. The van der Waals surface area contributed by atoms with E-state index in [1.807, 2.05) is 36.4 Å². The van der Waals surface area contributed by atoms with Crippen LogP contribution < -0.4 is 10.6 Å². The number of anilines is 2. The van der Waals surface area contributed by atoms with E-state index < -0.39 is 0 Å². The predicted octanol–water partition coefficient (Wildman–Crippen LogP) is 2.71. The van der Waals surface area contributed by atoms with Crippen molar-refractivity contribution in [2.24, 2.45) is 0 Å². The Morgan fingerprint density at radius 2 is 1.76 bits per heavy atom. The van der Waals surface area contributed by atoms with Gasteiger partial charge >= 0.3 is 0 Å². The van der Waals surface area contributed by atoms with Gasteiger partial charge in [-0.1, -0.05) is 30.3 Å². The van der Waals surface area contributed by atoms with Crippen molar-refractivity contribution in [3.05, 3.63) is 60.2 Å². The summed E-state index contributed by atoms with van der Waals surface area (Å²) in [6, 6.07) is 16.4. The van der Waals surface area contributed by atoms with Crippen LogP contribution in [0.5, 0.6) is 0 Å². The van der Waals surface area contributed by atoms with Crippen LogP contribution >= 0.6 is 0 Å². The number of nitrogens with one attached hydrogen (secondary N) is 3. The largest absolute Gasteiger partial charge is 0.467 e. The van der Waals surface area contributed by atoms with E-state index in [-0.39, 0.29) is 18.4 Å². The second kappa shape index (κ2) is 7.09. The van der Waals surface area contributed by atoms with Crippen LogP contribution in [-0.4, -0.2) is 25.5 Å². The Kier molecular flexibility index (Phi) is 4.93. The molecule has 0 bridgehead atoms. The molecule has 2 rings (SSSR count). The molecule has 0 aromatic heterocycles. The molecule has 0 heterocycles. The minimum atomic E-state index is -0.298. The molecule has 0 fully saturated rings. The Morgan fingerprint density at radius 1 is 1.10 bits per heavy atom. The van der Waals surface area contributed by atoms with Crippen LogP contribution in [-0.2, 0) is 9.53 Å². The van der Waals surface area contributed by atoms with Gasteiger partial charge in [-0.25, -0.2) is 0 Å². The number of ether oxygens (including phenoxy) is 1. The van der Waals surface area contributed by atoms with Crippen molar-refractivity contribution >= 4 is 23.2 Å². The molecule has 3 N–H and O–H groups in total. The second-order valence-electron chi connectivity index (χ2n) is 4.33. The van der Waals surface area contributed by atoms with Gasteiger partial charge in [-0.3, -0.25) is 10.2 Å². The topological polar surface area (TPSA) is 74.2 Å². The van der Waals surface area contributed by atoms with Crippen LogP contribution in [0, 0.1) is 5.41 Å². The van der Waals surface area contributed by atoms with Gasteiger partial charge in [0, 0.05) is 18.4 Å². The smallest absolute Gasteiger partial charge is 0.262 e. The summed E-state index contributed by atoms with van der Waals surface area (Å²) in [6.45, 7) is -0.203. The van der Waals surface area contributed by atoms with E-state index in [1.165, 1.54) is 0 Å². The maximum Gasteiger partial charge on any atom is 0.262 e. The van der Waals surface area contributed by atoms with Crippen LogP contribution in [0.2, 0.25) is 0 Å². The molecule has 5 nitrogen and oxygen atoms in total. The van der Waals surface area contributed by atoms with Crippen molar-refractivity contribution < 1.29 is 9.53 Å². The van der Waals surface area contributed by atoms with Crippen molar-refractivity contribution in [2.45, 2.75) is 0 Å². The fraction of sp³-hybridized carbons (Fsp3) is 0.125. The molecule has 0 radical (unpaired) electrons. The molecule has 0 saturated carbocycles. The number of amides is 1. The van der Waals surface area contributed by atoms with Crippen LogP contribution in [0.4, 0.5) is 11.4 Å². The molecule has 2 aromatic carbocycles. The number of hydrogen-bond donors (Lipinski definition) is 3. The third-order valence-electron chi connectivity index (χ3n) is 2.85. The monoisotopic (exact) mass is 283 g/mol. The van der Waals surface area contributed by atoms with Crippen LogP contribution in [0.3, 0.4) is 0 Å². The van der Waals surface area contributed by atoms with Gasteiger partial charge in [0.15, 0.2) is 6.61 Å². The highest BCUT2D eigenvalue weighted by molar-refractivity contribution is 5.99. The van der Waals surface area contributed by atoms with Crippen molar-refractivity contribution in [2.75, 3.05) is 24.3 Å². The van der Waals surface area contributed by atoms with E-state index in [0.29, 0.717) is 11.3 Å². The van der Waals surface area contributed by atoms with Crippen molar-refractivity contribution in [1.29, 1.82) is 5.41 Å². The van der Waals surface area contributed by atoms with Crippen LogP contribution in [0.1, 0.15) is 5.56 Å². The maximum atomic E-state index is 11.8. The first kappa shape index (κ1) is 14.6. The molecule has 1 amide bonds. The number of para-hydroxylation sites is 2. The lowest BCUT2D eigenvalue weighted by Gasteiger charge is -2.11. The normalized spacial score (nSPS) is 9.76. The number of benzene rings is 2. The second-order valence-corrected chi connectivity index (χ2v) is 4.33. The lowest BCUT2D eigenvalue weighted by Crippen LogP contribution is -2.21. The van der Waals surface area contributed by atoms with Crippen molar-refractivity contribution in [3.63, 3.8) is 0 Å². The summed E-state index contributed by atoms with van der Waals surface area (Å²) in [5.74, 6) is -0.337. The number of rotatable bonds is 5. The summed E-state index contributed by atoms with van der Waals surface area (Å²) in [4.78, 5) is 11.8. The molecule has 0 aliphatic heterocycles. The predicted molar refractivity (Wildman–Crippen MR) is 83.8 cm³/mol. The van der Waals surface area contributed by atoms with E-state index in [0.717, 1.165) is 5.69 Å². The zero-order valence-corrected chi connectivity index (χ0v) is 11.7. The molecule has 0 saturated heterocycles. The highest BCUT2D eigenvalue weighted by Gasteiger charge is 2.10. The van der Waals surface area contributed by atoms with E-state index >= 15 is 0 Å². The van der Waals surface area contributed by atoms with Gasteiger partial charge in [0.05, 0.1) is 5.56 Å². The standard InChI is InChI=1S/C16H17N3O2/c1-18-14-10-6-5-9-13(14)16(17)21-11-15(20)19-12-7-3-2-4-8-12/h2-10,17-18H,11H2,1H3,(H,19,20). The van der Waals surface area contributed by atoms with Gasteiger partial charge in [0.2, 0.25) is 5.90 Å². The van der Waals surface area contributed by atoms with Gasteiger partial charge in [0.25, 0.3) is 5.91 Å². The summed E-state index contributed by atoms with van der Waals surface area (Å²) in [5.41, 5.74) is 2.10. The minimum Gasteiger partial charge on any atom is -0.467 e. The molecule has 0 aliphatic carbocycles. The van der Waals surface area contributed by atoms with Crippen LogP contribution in [0.25, 0.3) is 0 Å². The summed E-state index contributed by atoms with van der Waals surface area (Å²) in [7, 11) is 1.77. The average molecular weight is 283 g/mol. The molecule has 2 aromatic rings. The summed E-state index contributed by atoms with van der Waals surface area (Å²) in [5, 5.41) is 13.6. The van der Waals surface area contributed by atoms with Gasteiger partial charge in [-0.2, -0.15) is 0 Å². The fourth-order valence-electron chi connectivity index (χ4n) is 1.83. The van der Waals surface area contributed by atoms with E-state index in [9.17, 15) is 4.79 Å². The maximum absolute atomic E-state index is 11.8. The lowest BCUT2D eigenvalue weighted by atomic mass is 10.2. The lowest BCUT2D eigenvalue weighted by molar-refractivity contribution is -0.118. The van der Waals surface area contributed by atoms with Crippen molar-refractivity contribution in [3.8, 4) is 0 Å². The minimum absolute atomic E-state index is 0.0387. The highest BCUT2D eigenvalue weighted by atomic mass is 16.5. The Labute approximate surface area is 123 Å². The molecule has 108 valence electrons. The van der Waals surface area contributed by atoms with E-state index in [2.05, 4.69) is 10.6 Å². The van der Waals surface area contributed by atoms with Crippen LogP contribution in [0.15, 0.2) is 54.6 Å². The molecule has 0 spiro atoms. The quantitative estimate of drug-likeness (QED) is 0.583. The van der Waals surface area contributed by atoms with Gasteiger partial charge in [-0.15, -0.1) is 0 Å². The first-order valence-corrected chi connectivity index (χ1v) is 6.54. The van der Waals surface area contributed by atoms with Gasteiger partial charge in [0.1, 0.15) is 0 Å². The number of carbonyl (C=O) groups is 1. The first-order valence-electron chi connectivity index (χ1n) is 6.54. The molecule has 0 atom stereocenters.